The maximum Gasteiger partial charge on any atom is 0.416 e. The Labute approximate surface area is 371 Å². The first-order valence-electron chi connectivity index (χ1n) is 22.5. The first-order valence-corrected chi connectivity index (χ1v) is 22.5. The number of rotatable bonds is 14. The van der Waals surface area contributed by atoms with Gasteiger partial charge >= 0.3 is 6.18 Å². The Hall–Kier alpha value is -5.81. The largest absolute Gasteiger partial charge is 0.416 e. The van der Waals surface area contributed by atoms with Gasteiger partial charge in [0.05, 0.1) is 46.7 Å². The molecule has 3 amide bonds. The molecule has 1 unspecified atom stereocenters. The quantitative estimate of drug-likeness (QED) is 0.0844. The molecule has 14 nitrogen and oxygen atoms in total. The molecule has 0 saturated carbocycles. The summed E-state index contributed by atoms with van der Waals surface area (Å²) in [4.78, 5) is 46.9. The molecule has 3 N–H and O–H groups in total. The van der Waals surface area contributed by atoms with Crippen molar-refractivity contribution in [3.05, 3.63) is 82.7 Å². The van der Waals surface area contributed by atoms with E-state index in [1.807, 2.05) is 44.0 Å². The van der Waals surface area contributed by atoms with Gasteiger partial charge in [0.1, 0.15) is 0 Å². The van der Waals surface area contributed by atoms with E-state index in [-0.39, 0.29) is 36.3 Å². The van der Waals surface area contributed by atoms with Crippen LogP contribution in [0.1, 0.15) is 79.1 Å². The van der Waals surface area contributed by atoms with E-state index in [9.17, 15) is 27.6 Å². The monoisotopic (exact) mass is 881 g/mol. The third-order valence-corrected chi connectivity index (χ3v) is 13.3. The van der Waals surface area contributed by atoms with E-state index in [0.717, 1.165) is 116 Å². The molecule has 64 heavy (non-hydrogen) atoms. The van der Waals surface area contributed by atoms with Crippen LogP contribution in [0.4, 0.5) is 30.4 Å². The fraction of sp³-hybridized carbons (Fsp3) is 0.489. The van der Waals surface area contributed by atoms with Crippen molar-refractivity contribution in [3.63, 3.8) is 0 Å². The summed E-state index contributed by atoms with van der Waals surface area (Å²) < 4.78 is 42.7. The number of aryl methyl sites for hydroxylation is 2. The van der Waals surface area contributed by atoms with Crippen molar-refractivity contribution in [1.82, 2.24) is 40.0 Å². The van der Waals surface area contributed by atoms with Crippen molar-refractivity contribution in [2.24, 2.45) is 7.05 Å². The third-order valence-electron chi connectivity index (χ3n) is 13.3. The lowest BCUT2D eigenvalue weighted by molar-refractivity contribution is -0.138. The van der Waals surface area contributed by atoms with Gasteiger partial charge in [0, 0.05) is 87.7 Å². The predicted molar refractivity (Wildman–Crippen MR) is 242 cm³/mol. The molecule has 0 spiro atoms. The molecule has 3 aromatic carbocycles. The normalized spacial score (nSPS) is 18.5. The molecule has 2 atom stereocenters. The van der Waals surface area contributed by atoms with Crippen LogP contribution in [0.5, 0.6) is 0 Å². The highest BCUT2D eigenvalue weighted by Gasteiger charge is 2.34. The van der Waals surface area contributed by atoms with Crippen LogP contribution in [-0.4, -0.2) is 124 Å². The number of carbonyl (C=O) groups is 3. The standard InChI is InChI=1S/C47H58F3N11O3/c1-30-34(10-8-12-39(30)47(48,49)50)31(2)52-45-38-28-33(14-15-35(38)32(3)54-55-45)60-24-20-58(21-25-60)18-6-5-7-19-59-22-26-61(27-23-59)42(63)29-51-40-13-9-11-36-43(56-57(4)44(36)40)37-16-17-41(62)53-46(37)64/h8-15,28,31,37,51H,5-7,16-27,29H2,1-4H3,(H,52,55)(H,53,62,64)/t31-,37?/m1/s1. The Kier molecular flexibility index (Phi) is 13.4. The number of piperidine rings is 1. The zero-order valence-electron chi connectivity index (χ0n) is 37.1. The average Bonchev–Trinajstić information content (AvgIpc) is 3.62. The van der Waals surface area contributed by atoms with Crippen molar-refractivity contribution < 1.29 is 27.6 Å². The molecule has 3 saturated heterocycles. The molecule has 3 fully saturated rings. The number of hydrogen-bond acceptors (Lipinski definition) is 11. The number of benzene rings is 3. The lowest BCUT2D eigenvalue weighted by Crippen LogP contribution is -2.50. The van der Waals surface area contributed by atoms with E-state index in [4.69, 9.17) is 0 Å². The minimum atomic E-state index is -4.42. The summed E-state index contributed by atoms with van der Waals surface area (Å²) in [5.41, 5.74) is 4.28. The molecule has 0 bridgehead atoms. The lowest BCUT2D eigenvalue weighted by atomic mass is 9.92. The number of aromatic nitrogens is 4. The number of unbranched alkanes of at least 4 members (excludes halogenated alkanes) is 2. The topological polar surface area (TPSA) is 144 Å². The third kappa shape index (κ3) is 9.79. The number of amides is 3. The van der Waals surface area contributed by atoms with Crippen LogP contribution in [0.15, 0.2) is 54.6 Å². The van der Waals surface area contributed by atoms with E-state index < -0.39 is 23.7 Å². The zero-order valence-corrected chi connectivity index (χ0v) is 37.1. The average molecular weight is 882 g/mol. The first kappa shape index (κ1) is 44.8. The summed E-state index contributed by atoms with van der Waals surface area (Å²) in [5, 5.41) is 25.3. The fourth-order valence-electron chi connectivity index (χ4n) is 9.59. The van der Waals surface area contributed by atoms with Gasteiger partial charge in [-0.05, 0) is 88.5 Å². The van der Waals surface area contributed by atoms with Gasteiger partial charge in [0.25, 0.3) is 0 Å². The number of imide groups is 1. The van der Waals surface area contributed by atoms with Crippen LogP contribution in [0.2, 0.25) is 0 Å². The number of carbonyl (C=O) groups excluding carboxylic acids is 3. The second-order valence-corrected chi connectivity index (χ2v) is 17.4. The minimum Gasteiger partial charge on any atom is -0.374 e. The molecule has 3 aliphatic rings. The highest BCUT2D eigenvalue weighted by molar-refractivity contribution is 6.04. The summed E-state index contributed by atoms with van der Waals surface area (Å²) in [5.74, 6) is -0.468. The Morgan fingerprint density at radius 2 is 1.56 bits per heavy atom. The van der Waals surface area contributed by atoms with Gasteiger partial charge in [-0.25, -0.2) is 0 Å². The van der Waals surface area contributed by atoms with Crippen molar-refractivity contribution in [3.8, 4) is 0 Å². The summed E-state index contributed by atoms with van der Waals surface area (Å²) in [6.45, 7) is 14.3. The number of hydrogen-bond donors (Lipinski definition) is 3. The Balaban J connectivity index is 0.751. The van der Waals surface area contributed by atoms with Crippen LogP contribution in [0.25, 0.3) is 21.7 Å². The SMILES string of the molecule is Cc1c([C@@H](C)Nc2nnc(C)c3ccc(N4CCN(CCCCCN5CCN(C(=O)CNc6cccc7c(C8CCC(=O)NC8=O)nn(C)c67)CC5)CC4)cc23)cccc1C(F)(F)F. The fourth-order valence-corrected chi connectivity index (χ4v) is 9.59. The number of halogens is 3. The summed E-state index contributed by atoms with van der Waals surface area (Å²) in [7, 11) is 1.83. The van der Waals surface area contributed by atoms with Crippen LogP contribution in [0.3, 0.4) is 0 Å². The Morgan fingerprint density at radius 3 is 2.27 bits per heavy atom. The molecule has 17 heteroatoms. The van der Waals surface area contributed by atoms with Crippen LogP contribution >= 0.6 is 0 Å². The Bertz CT molecular complexity index is 2510. The van der Waals surface area contributed by atoms with Gasteiger partial charge < -0.3 is 20.4 Å². The van der Waals surface area contributed by atoms with Crippen LogP contribution < -0.4 is 20.9 Å². The van der Waals surface area contributed by atoms with Gasteiger partial charge in [-0.3, -0.25) is 34.2 Å². The van der Waals surface area contributed by atoms with E-state index in [2.05, 4.69) is 64.1 Å². The summed E-state index contributed by atoms with van der Waals surface area (Å²) in [6.07, 6.45) is -0.316. The second-order valence-electron chi connectivity index (χ2n) is 17.4. The number of piperazine rings is 2. The van der Waals surface area contributed by atoms with Gasteiger partial charge in [-0.15, -0.1) is 5.10 Å². The van der Waals surface area contributed by atoms with Crippen molar-refractivity contribution in [2.45, 2.75) is 71.0 Å². The molecule has 5 heterocycles. The molecular formula is C47H58F3N11O3. The maximum atomic E-state index is 13.7. The molecule has 2 aromatic heterocycles. The molecule has 8 rings (SSSR count). The highest BCUT2D eigenvalue weighted by atomic mass is 19.4. The molecular weight excluding hydrogens is 824 g/mol. The lowest BCUT2D eigenvalue weighted by Gasteiger charge is -2.36. The molecule has 340 valence electrons. The summed E-state index contributed by atoms with van der Waals surface area (Å²) in [6, 6.07) is 15.9. The van der Waals surface area contributed by atoms with Crippen molar-refractivity contribution in [1.29, 1.82) is 0 Å². The minimum absolute atomic E-state index is 0.0493. The van der Waals surface area contributed by atoms with E-state index in [1.54, 1.807) is 10.7 Å². The zero-order chi connectivity index (χ0) is 45.1. The highest BCUT2D eigenvalue weighted by Crippen LogP contribution is 2.37. The van der Waals surface area contributed by atoms with Gasteiger partial charge in [-0.1, -0.05) is 36.8 Å². The Morgan fingerprint density at radius 1 is 0.859 bits per heavy atom. The predicted octanol–water partition coefficient (Wildman–Crippen LogP) is 6.39. The molecule has 0 radical (unpaired) electrons. The van der Waals surface area contributed by atoms with E-state index in [0.29, 0.717) is 36.6 Å². The number of alkyl halides is 3. The summed E-state index contributed by atoms with van der Waals surface area (Å²) >= 11 is 0. The molecule has 0 aliphatic carbocycles. The van der Waals surface area contributed by atoms with Gasteiger partial charge in [0.2, 0.25) is 17.7 Å². The second kappa shape index (κ2) is 19.1. The van der Waals surface area contributed by atoms with Crippen LogP contribution in [-0.2, 0) is 27.6 Å². The smallest absolute Gasteiger partial charge is 0.374 e. The number of para-hydroxylation sites is 1. The van der Waals surface area contributed by atoms with Gasteiger partial charge in [-0.2, -0.15) is 23.4 Å². The number of fused-ring (bicyclic) bond motifs is 2. The van der Waals surface area contributed by atoms with Crippen molar-refractivity contribution >= 4 is 56.6 Å². The number of nitrogens with zero attached hydrogens (tertiary/aromatic N) is 8. The molecule has 5 aromatic rings. The van der Waals surface area contributed by atoms with Crippen LogP contribution in [0, 0.1) is 13.8 Å². The number of nitrogens with one attached hydrogen (secondary N) is 3. The van der Waals surface area contributed by atoms with Crippen molar-refractivity contribution in [2.75, 3.05) is 87.5 Å². The van der Waals surface area contributed by atoms with E-state index >= 15 is 0 Å². The maximum absolute atomic E-state index is 13.7. The first-order chi connectivity index (χ1) is 30.7. The molecule has 3 aliphatic heterocycles. The van der Waals surface area contributed by atoms with Gasteiger partial charge in [0.15, 0.2) is 5.82 Å². The van der Waals surface area contributed by atoms with E-state index in [1.165, 1.54) is 13.0 Å². The number of anilines is 3.